The average Bonchev–Trinajstić information content (AvgIpc) is 3.08. The predicted molar refractivity (Wildman–Crippen MR) is 72.7 cm³/mol. The van der Waals surface area contributed by atoms with Crippen molar-refractivity contribution in [2.45, 2.75) is 19.4 Å². The number of aromatic nitrogens is 3. The summed E-state index contributed by atoms with van der Waals surface area (Å²) in [5.74, 6) is 1.09. The van der Waals surface area contributed by atoms with Crippen molar-refractivity contribution in [2.75, 3.05) is 6.54 Å². The minimum atomic E-state index is -0.275. The number of benzene rings is 1. The smallest absolute Gasteiger partial charge is 0.149 e. The van der Waals surface area contributed by atoms with Crippen molar-refractivity contribution in [3.05, 3.63) is 48.0 Å². The highest BCUT2D eigenvalue weighted by atomic mass is 19.1. The van der Waals surface area contributed by atoms with Crippen LogP contribution in [0.5, 0.6) is 0 Å². The molecule has 104 valence electrons. The maximum atomic E-state index is 13.2. The second kappa shape index (κ2) is 5.42. The molecule has 0 amide bonds. The summed E-state index contributed by atoms with van der Waals surface area (Å²) in [4.78, 5) is 4.17. The van der Waals surface area contributed by atoms with Crippen molar-refractivity contribution in [2.24, 2.45) is 0 Å². The van der Waals surface area contributed by atoms with E-state index < -0.39 is 0 Å². The number of furan rings is 1. The maximum absolute atomic E-state index is 13.2. The first-order chi connectivity index (χ1) is 9.78. The van der Waals surface area contributed by atoms with E-state index in [2.05, 4.69) is 27.4 Å². The Hall–Kier alpha value is -2.21. The van der Waals surface area contributed by atoms with Crippen LogP contribution in [-0.2, 0) is 0 Å². The van der Waals surface area contributed by atoms with Crippen molar-refractivity contribution >= 4 is 11.0 Å². The molecule has 3 rings (SSSR count). The molecule has 2 aromatic heterocycles. The molecule has 0 bridgehead atoms. The topological polar surface area (TPSA) is 66.7 Å². The maximum Gasteiger partial charge on any atom is 0.149 e. The Morgan fingerprint density at radius 1 is 1.40 bits per heavy atom. The Kier molecular flexibility index (Phi) is 3.47. The first-order valence-electron chi connectivity index (χ1n) is 6.55. The third-order valence-corrected chi connectivity index (χ3v) is 3.09. The van der Waals surface area contributed by atoms with Gasteiger partial charge in [-0.2, -0.15) is 5.10 Å². The lowest BCUT2D eigenvalue weighted by atomic mass is 10.2. The molecule has 0 aliphatic heterocycles. The van der Waals surface area contributed by atoms with Gasteiger partial charge in [-0.15, -0.1) is 0 Å². The third-order valence-electron chi connectivity index (χ3n) is 3.09. The van der Waals surface area contributed by atoms with Crippen molar-refractivity contribution in [1.82, 2.24) is 20.5 Å². The summed E-state index contributed by atoms with van der Waals surface area (Å²) in [6.45, 7) is 2.90. The van der Waals surface area contributed by atoms with Gasteiger partial charge in [0.1, 0.15) is 35.4 Å². The molecule has 1 unspecified atom stereocenters. The fraction of sp³-hybridized carbons (Fsp3) is 0.286. The first kappa shape index (κ1) is 12.8. The van der Waals surface area contributed by atoms with Crippen LogP contribution in [0.4, 0.5) is 4.39 Å². The van der Waals surface area contributed by atoms with Crippen LogP contribution >= 0.6 is 0 Å². The van der Waals surface area contributed by atoms with Gasteiger partial charge < -0.3 is 9.73 Å². The van der Waals surface area contributed by atoms with Crippen molar-refractivity contribution < 1.29 is 8.81 Å². The second-order valence-corrected chi connectivity index (χ2v) is 4.59. The van der Waals surface area contributed by atoms with E-state index in [0.29, 0.717) is 17.2 Å². The van der Waals surface area contributed by atoms with E-state index in [4.69, 9.17) is 4.42 Å². The highest BCUT2D eigenvalue weighted by Gasteiger charge is 2.20. The second-order valence-electron chi connectivity index (χ2n) is 4.59. The third kappa shape index (κ3) is 2.42. The monoisotopic (exact) mass is 274 g/mol. The van der Waals surface area contributed by atoms with Gasteiger partial charge in [0, 0.05) is 5.39 Å². The fourth-order valence-electron chi connectivity index (χ4n) is 2.15. The van der Waals surface area contributed by atoms with Crippen LogP contribution in [0, 0.1) is 5.82 Å². The molecule has 5 nitrogen and oxygen atoms in total. The zero-order chi connectivity index (χ0) is 13.9. The lowest BCUT2D eigenvalue weighted by Crippen LogP contribution is -2.23. The zero-order valence-corrected chi connectivity index (χ0v) is 11.1. The minimum Gasteiger partial charge on any atom is -0.459 e. The molecular formula is C14H15FN4O. The molecular weight excluding hydrogens is 259 g/mol. The number of rotatable bonds is 5. The molecule has 0 radical (unpaired) electrons. The first-order valence-corrected chi connectivity index (χ1v) is 6.55. The summed E-state index contributed by atoms with van der Waals surface area (Å²) in [7, 11) is 0. The Morgan fingerprint density at radius 3 is 3.05 bits per heavy atom. The van der Waals surface area contributed by atoms with E-state index in [1.165, 1.54) is 18.5 Å². The van der Waals surface area contributed by atoms with Gasteiger partial charge in [-0.1, -0.05) is 6.92 Å². The summed E-state index contributed by atoms with van der Waals surface area (Å²) >= 11 is 0. The number of fused-ring (bicyclic) bond motifs is 1. The number of nitrogens with one attached hydrogen (secondary N) is 2. The molecule has 1 aromatic carbocycles. The number of hydrogen-bond acceptors (Lipinski definition) is 4. The van der Waals surface area contributed by atoms with Gasteiger partial charge in [-0.25, -0.2) is 9.37 Å². The number of aromatic amines is 1. The molecule has 2 N–H and O–H groups in total. The Balaban J connectivity index is 1.99. The van der Waals surface area contributed by atoms with E-state index in [0.717, 1.165) is 18.4 Å². The molecule has 6 heteroatoms. The Bertz CT molecular complexity index is 692. The molecule has 0 spiro atoms. The molecule has 0 aliphatic rings. The average molecular weight is 274 g/mol. The van der Waals surface area contributed by atoms with Gasteiger partial charge in [0.15, 0.2) is 0 Å². The molecule has 1 atom stereocenters. The molecule has 0 saturated carbocycles. The van der Waals surface area contributed by atoms with Gasteiger partial charge in [-0.05, 0) is 37.2 Å². The molecule has 3 aromatic rings. The van der Waals surface area contributed by atoms with E-state index in [1.807, 2.05) is 6.07 Å². The zero-order valence-electron chi connectivity index (χ0n) is 11.1. The van der Waals surface area contributed by atoms with Crippen molar-refractivity contribution in [1.29, 1.82) is 0 Å². The highest BCUT2D eigenvalue weighted by Crippen LogP contribution is 2.27. The Labute approximate surface area is 115 Å². The van der Waals surface area contributed by atoms with Crippen molar-refractivity contribution in [3.8, 4) is 0 Å². The van der Waals surface area contributed by atoms with Gasteiger partial charge in [0.05, 0.1) is 0 Å². The van der Waals surface area contributed by atoms with Crippen LogP contribution in [0.25, 0.3) is 11.0 Å². The summed E-state index contributed by atoms with van der Waals surface area (Å²) in [5.41, 5.74) is 0.657. The van der Waals surface area contributed by atoms with Gasteiger partial charge in [0.25, 0.3) is 0 Å². The van der Waals surface area contributed by atoms with Crippen LogP contribution in [0.3, 0.4) is 0 Å². The van der Waals surface area contributed by atoms with Crippen LogP contribution in [-0.4, -0.2) is 21.7 Å². The molecule has 0 aliphatic carbocycles. The van der Waals surface area contributed by atoms with Gasteiger partial charge in [0.2, 0.25) is 0 Å². The van der Waals surface area contributed by atoms with Crippen LogP contribution in [0.15, 0.2) is 35.0 Å². The van der Waals surface area contributed by atoms with Crippen molar-refractivity contribution in [3.63, 3.8) is 0 Å². The normalized spacial score (nSPS) is 12.9. The lowest BCUT2D eigenvalue weighted by Gasteiger charge is -2.12. The molecule has 20 heavy (non-hydrogen) atoms. The molecule has 0 fully saturated rings. The minimum absolute atomic E-state index is 0.215. The Morgan fingerprint density at radius 2 is 2.30 bits per heavy atom. The van der Waals surface area contributed by atoms with Gasteiger partial charge in [-0.3, -0.25) is 5.10 Å². The number of halogens is 1. The molecule has 2 heterocycles. The fourth-order valence-corrected chi connectivity index (χ4v) is 2.15. The summed E-state index contributed by atoms with van der Waals surface area (Å²) in [5, 5.41) is 10.8. The SMILES string of the molecule is CCCNC(c1ncn[nH]1)c1cc2cc(F)ccc2o1. The van der Waals surface area contributed by atoms with E-state index in [-0.39, 0.29) is 11.9 Å². The largest absolute Gasteiger partial charge is 0.459 e. The summed E-state index contributed by atoms with van der Waals surface area (Å²) < 4.78 is 19.0. The highest BCUT2D eigenvalue weighted by molar-refractivity contribution is 5.78. The molecule has 0 saturated heterocycles. The number of nitrogens with zero attached hydrogens (tertiary/aromatic N) is 2. The van der Waals surface area contributed by atoms with Crippen LogP contribution in [0.1, 0.15) is 31.0 Å². The van der Waals surface area contributed by atoms with Crippen LogP contribution < -0.4 is 5.32 Å². The summed E-state index contributed by atoms with van der Waals surface area (Å²) in [6.07, 6.45) is 2.44. The quantitative estimate of drug-likeness (QED) is 0.750. The lowest BCUT2D eigenvalue weighted by molar-refractivity contribution is 0.457. The van der Waals surface area contributed by atoms with E-state index in [1.54, 1.807) is 6.07 Å². The number of H-pyrrole nitrogens is 1. The van der Waals surface area contributed by atoms with Crippen LogP contribution in [0.2, 0.25) is 0 Å². The number of hydrogen-bond donors (Lipinski definition) is 2. The van der Waals surface area contributed by atoms with E-state index in [9.17, 15) is 4.39 Å². The van der Waals surface area contributed by atoms with Gasteiger partial charge >= 0.3 is 0 Å². The van der Waals surface area contributed by atoms with E-state index >= 15 is 0 Å². The standard InChI is InChI=1S/C14H15FN4O/c1-2-5-16-13(14-17-8-18-19-14)12-7-9-6-10(15)3-4-11(9)20-12/h3-4,6-8,13,16H,2,5H2,1H3,(H,17,18,19). The predicted octanol–water partition coefficient (Wildman–Crippen LogP) is 2.78. The summed E-state index contributed by atoms with van der Waals surface area (Å²) in [6, 6.07) is 6.09.